The number of amides is 1. The van der Waals surface area contributed by atoms with Crippen LogP contribution in [0.1, 0.15) is 22.5 Å². The van der Waals surface area contributed by atoms with Gasteiger partial charge in [-0.15, -0.1) is 0 Å². The third-order valence-electron chi connectivity index (χ3n) is 4.15. The van der Waals surface area contributed by atoms with E-state index in [1.807, 2.05) is 28.6 Å². The van der Waals surface area contributed by atoms with E-state index in [0.29, 0.717) is 0 Å². The maximum Gasteiger partial charge on any atom is 0.270 e. The average molecular weight is 271 g/mol. The standard InChI is InChI=1S/C16H21N3O/c1-12-5-3-6-14-13(12)11-15(18(14)2)16(20)19-9-4-7-17-8-10-19/h3,5-6,11,17H,4,7-10H2,1-2H3. The smallest absolute Gasteiger partial charge is 0.270 e. The topological polar surface area (TPSA) is 37.3 Å². The molecule has 0 spiro atoms. The van der Waals surface area contributed by atoms with Gasteiger partial charge in [0.05, 0.1) is 0 Å². The normalized spacial score (nSPS) is 16.4. The molecule has 0 bridgehead atoms. The molecule has 1 amide bonds. The molecule has 106 valence electrons. The van der Waals surface area contributed by atoms with Crippen LogP contribution in [0.25, 0.3) is 10.9 Å². The van der Waals surface area contributed by atoms with E-state index in [9.17, 15) is 4.79 Å². The van der Waals surface area contributed by atoms with Crippen LogP contribution in [0.15, 0.2) is 24.3 Å². The van der Waals surface area contributed by atoms with E-state index in [2.05, 4.69) is 24.4 Å². The Morgan fingerprint density at radius 3 is 2.90 bits per heavy atom. The molecule has 0 radical (unpaired) electrons. The summed E-state index contributed by atoms with van der Waals surface area (Å²) in [6, 6.07) is 8.24. The lowest BCUT2D eigenvalue weighted by atomic mass is 10.1. The monoisotopic (exact) mass is 271 g/mol. The Hall–Kier alpha value is -1.81. The zero-order valence-corrected chi connectivity index (χ0v) is 12.1. The maximum absolute atomic E-state index is 12.7. The van der Waals surface area contributed by atoms with Crippen molar-refractivity contribution in [3.63, 3.8) is 0 Å². The molecule has 1 aromatic carbocycles. The van der Waals surface area contributed by atoms with Gasteiger partial charge in [0.2, 0.25) is 0 Å². The van der Waals surface area contributed by atoms with Crippen LogP contribution in [-0.2, 0) is 7.05 Å². The number of nitrogens with zero attached hydrogens (tertiary/aromatic N) is 2. The van der Waals surface area contributed by atoms with Crippen molar-refractivity contribution in [1.82, 2.24) is 14.8 Å². The molecular weight excluding hydrogens is 250 g/mol. The summed E-state index contributed by atoms with van der Waals surface area (Å²) in [5.74, 6) is 0.145. The Morgan fingerprint density at radius 2 is 2.10 bits per heavy atom. The molecule has 1 aliphatic rings. The summed E-state index contributed by atoms with van der Waals surface area (Å²) in [5.41, 5.74) is 3.13. The number of nitrogens with one attached hydrogen (secondary N) is 1. The number of carbonyl (C=O) groups is 1. The van der Waals surface area contributed by atoms with Crippen molar-refractivity contribution < 1.29 is 4.79 Å². The second kappa shape index (κ2) is 5.29. The Kier molecular flexibility index (Phi) is 3.49. The van der Waals surface area contributed by atoms with Crippen molar-refractivity contribution >= 4 is 16.8 Å². The Morgan fingerprint density at radius 1 is 1.25 bits per heavy atom. The van der Waals surface area contributed by atoms with Gasteiger partial charge in [-0.25, -0.2) is 0 Å². The van der Waals surface area contributed by atoms with E-state index in [0.717, 1.165) is 43.8 Å². The molecule has 0 atom stereocenters. The molecule has 4 nitrogen and oxygen atoms in total. The summed E-state index contributed by atoms with van der Waals surface area (Å²) in [7, 11) is 1.98. The molecule has 20 heavy (non-hydrogen) atoms. The zero-order chi connectivity index (χ0) is 14.1. The van der Waals surface area contributed by atoms with Gasteiger partial charge in [0, 0.05) is 37.6 Å². The van der Waals surface area contributed by atoms with Gasteiger partial charge >= 0.3 is 0 Å². The quantitative estimate of drug-likeness (QED) is 0.860. The second-order valence-corrected chi connectivity index (χ2v) is 5.49. The van der Waals surface area contributed by atoms with Crippen molar-refractivity contribution in [2.45, 2.75) is 13.3 Å². The van der Waals surface area contributed by atoms with Crippen LogP contribution >= 0.6 is 0 Å². The molecule has 2 aromatic rings. The first-order valence-electron chi connectivity index (χ1n) is 7.23. The summed E-state index contributed by atoms with van der Waals surface area (Å²) in [5, 5.41) is 4.51. The summed E-state index contributed by atoms with van der Waals surface area (Å²) >= 11 is 0. The van der Waals surface area contributed by atoms with Gasteiger partial charge in [-0.05, 0) is 37.6 Å². The molecule has 3 rings (SSSR count). The van der Waals surface area contributed by atoms with Crippen molar-refractivity contribution in [1.29, 1.82) is 0 Å². The van der Waals surface area contributed by atoms with E-state index in [1.165, 1.54) is 10.9 Å². The molecule has 2 heterocycles. The van der Waals surface area contributed by atoms with Gasteiger partial charge in [0.1, 0.15) is 5.69 Å². The fourth-order valence-corrected chi connectivity index (χ4v) is 2.92. The number of carbonyl (C=O) groups excluding carboxylic acids is 1. The van der Waals surface area contributed by atoms with E-state index in [4.69, 9.17) is 0 Å². The van der Waals surface area contributed by atoms with Gasteiger partial charge < -0.3 is 14.8 Å². The number of fused-ring (bicyclic) bond motifs is 1. The van der Waals surface area contributed by atoms with Crippen molar-refractivity contribution in [3.8, 4) is 0 Å². The lowest BCUT2D eigenvalue weighted by molar-refractivity contribution is 0.0757. The predicted molar refractivity (Wildman–Crippen MR) is 81.0 cm³/mol. The number of hydrogen-bond donors (Lipinski definition) is 1. The first kappa shape index (κ1) is 13.2. The largest absolute Gasteiger partial charge is 0.340 e. The van der Waals surface area contributed by atoms with E-state index in [1.54, 1.807) is 0 Å². The fourth-order valence-electron chi connectivity index (χ4n) is 2.92. The van der Waals surface area contributed by atoms with Gasteiger partial charge in [0.25, 0.3) is 5.91 Å². The molecule has 0 saturated carbocycles. The van der Waals surface area contributed by atoms with Crippen molar-refractivity contribution in [2.75, 3.05) is 26.2 Å². The number of benzene rings is 1. The van der Waals surface area contributed by atoms with Crippen LogP contribution in [0.4, 0.5) is 0 Å². The van der Waals surface area contributed by atoms with Crippen LogP contribution in [0.2, 0.25) is 0 Å². The van der Waals surface area contributed by atoms with Gasteiger partial charge in [-0.2, -0.15) is 0 Å². The van der Waals surface area contributed by atoms with Gasteiger partial charge in [-0.1, -0.05) is 12.1 Å². The second-order valence-electron chi connectivity index (χ2n) is 5.49. The molecule has 1 saturated heterocycles. The predicted octanol–water partition coefficient (Wildman–Crippen LogP) is 1.92. The first-order valence-corrected chi connectivity index (χ1v) is 7.23. The van der Waals surface area contributed by atoms with Gasteiger partial charge in [-0.3, -0.25) is 4.79 Å². The molecular formula is C16H21N3O. The first-order chi connectivity index (χ1) is 9.68. The van der Waals surface area contributed by atoms with Crippen LogP contribution in [0.5, 0.6) is 0 Å². The van der Waals surface area contributed by atoms with Crippen molar-refractivity contribution in [3.05, 3.63) is 35.5 Å². The van der Waals surface area contributed by atoms with E-state index >= 15 is 0 Å². The minimum Gasteiger partial charge on any atom is -0.340 e. The minimum absolute atomic E-state index is 0.145. The SMILES string of the molecule is Cc1cccc2c1cc(C(=O)N1CCCNCC1)n2C. The summed E-state index contributed by atoms with van der Waals surface area (Å²) < 4.78 is 2.02. The maximum atomic E-state index is 12.7. The summed E-state index contributed by atoms with van der Waals surface area (Å²) in [6.45, 7) is 5.60. The average Bonchev–Trinajstić information content (AvgIpc) is 2.66. The number of rotatable bonds is 1. The molecule has 1 N–H and O–H groups in total. The summed E-state index contributed by atoms with van der Waals surface area (Å²) in [4.78, 5) is 14.7. The molecule has 1 aliphatic heterocycles. The van der Waals surface area contributed by atoms with E-state index in [-0.39, 0.29) is 5.91 Å². The number of aromatic nitrogens is 1. The van der Waals surface area contributed by atoms with Crippen LogP contribution in [0, 0.1) is 6.92 Å². The third-order valence-corrected chi connectivity index (χ3v) is 4.15. The summed E-state index contributed by atoms with van der Waals surface area (Å²) in [6.07, 6.45) is 1.02. The van der Waals surface area contributed by atoms with E-state index < -0.39 is 0 Å². The Balaban J connectivity index is 1.99. The molecule has 0 unspecified atom stereocenters. The highest BCUT2D eigenvalue weighted by Gasteiger charge is 2.21. The van der Waals surface area contributed by atoms with Crippen molar-refractivity contribution in [2.24, 2.45) is 7.05 Å². The number of hydrogen-bond acceptors (Lipinski definition) is 2. The molecule has 4 heteroatoms. The highest BCUT2D eigenvalue weighted by Crippen LogP contribution is 2.23. The Labute approximate surface area is 119 Å². The van der Waals surface area contributed by atoms with Crippen LogP contribution < -0.4 is 5.32 Å². The molecule has 1 aromatic heterocycles. The fraction of sp³-hybridized carbons (Fsp3) is 0.438. The lowest BCUT2D eigenvalue weighted by Gasteiger charge is -2.20. The molecule has 0 aliphatic carbocycles. The third kappa shape index (κ3) is 2.20. The lowest BCUT2D eigenvalue weighted by Crippen LogP contribution is -2.35. The Bertz CT molecular complexity index is 636. The minimum atomic E-state index is 0.145. The highest BCUT2D eigenvalue weighted by molar-refractivity contribution is 5.99. The van der Waals surface area contributed by atoms with Crippen LogP contribution in [0.3, 0.4) is 0 Å². The molecule has 1 fully saturated rings. The zero-order valence-electron chi connectivity index (χ0n) is 12.1. The highest BCUT2D eigenvalue weighted by atomic mass is 16.2. The van der Waals surface area contributed by atoms with Gasteiger partial charge in [0.15, 0.2) is 0 Å². The van der Waals surface area contributed by atoms with Crippen LogP contribution in [-0.4, -0.2) is 41.6 Å². The number of aryl methyl sites for hydroxylation is 2.